The third-order valence-electron chi connectivity index (χ3n) is 2.75. The number of halogens is 3. The SMILES string of the molecule is Nc1cc(C(F)(F)F)ccc1NCCCc1ncn[nH]1. The molecule has 20 heavy (non-hydrogen) atoms. The number of H-pyrrole nitrogens is 1. The molecule has 4 N–H and O–H groups in total. The minimum absolute atomic E-state index is 0.0829. The molecule has 0 aliphatic rings. The predicted molar refractivity (Wildman–Crippen MR) is 69.0 cm³/mol. The predicted octanol–water partition coefficient (Wildman–Crippen LogP) is 2.45. The average molecular weight is 285 g/mol. The number of nitrogen functional groups attached to an aromatic ring is 1. The number of aromatic nitrogens is 3. The van der Waals surface area contributed by atoms with Crippen molar-refractivity contribution >= 4 is 11.4 Å². The monoisotopic (exact) mass is 285 g/mol. The minimum Gasteiger partial charge on any atom is -0.397 e. The Bertz CT molecular complexity index is 551. The highest BCUT2D eigenvalue weighted by Gasteiger charge is 2.30. The zero-order chi connectivity index (χ0) is 14.6. The van der Waals surface area contributed by atoms with Crippen LogP contribution < -0.4 is 11.1 Å². The maximum atomic E-state index is 12.5. The van der Waals surface area contributed by atoms with Crippen molar-refractivity contribution in [2.45, 2.75) is 19.0 Å². The normalized spacial score (nSPS) is 11.6. The van der Waals surface area contributed by atoms with Gasteiger partial charge in [0, 0.05) is 13.0 Å². The van der Waals surface area contributed by atoms with Gasteiger partial charge in [-0.25, -0.2) is 4.98 Å². The summed E-state index contributed by atoms with van der Waals surface area (Å²) in [6.45, 7) is 0.580. The summed E-state index contributed by atoms with van der Waals surface area (Å²) in [6.07, 6.45) is -1.49. The second-order valence-electron chi connectivity index (χ2n) is 4.26. The molecule has 1 heterocycles. The lowest BCUT2D eigenvalue weighted by molar-refractivity contribution is -0.137. The van der Waals surface area contributed by atoms with Crippen molar-refractivity contribution in [1.29, 1.82) is 0 Å². The van der Waals surface area contributed by atoms with E-state index in [0.29, 0.717) is 18.7 Å². The van der Waals surface area contributed by atoms with Crippen LogP contribution in [0.4, 0.5) is 24.5 Å². The van der Waals surface area contributed by atoms with Gasteiger partial charge in [-0.3, -0.25) is 5.10 Å². The van der Waals surface area contributed by atoms with E-state index in [1.165, 1.54) is 12.4 Å². The number of aromatic amines is 1. The van der Waals surface area contributed by atoms with Crippen LogP contribution in [0.2, 0.25) is 0 Å². The third kappa shape index (κ3) is 3.62. The van der Waals surface area contributed by atoms with Gasteiger partial charge in [0.2, 0.25) is 0 Å². The molecule has 0 radical (unpaired) electrons. The molecule has 0 amide bonds. The highest BCUT2D eigenvalue weighted by Crippen LogP contribution is 2.32. The number of nitrogens with one attached hydrogen (secondary N) is 2. The second kappa shape index (κ2) is 5.81. The van der Waals surface area contributed by atoms with Gasteiger partial charge in [0.25, 0.3) is 0 Å². The van der Waals surface area contributed by atoms with Crippen LogP contribution in [-0.2, 0) is 12.6 Å². The Labute approximate surface area is 113 Å². The van der Waals surface area contributed by atoms with E-state index in [2.05, 4.69) is 20.5 Å². The smallest absolute Gasteiger partial charge is 0.397 e. The number of nitrogens with zero attached hydrogens (tertiary/aromatic N) is 2. The number of anilines is 2. The Morgan fingerprint density at radius 1 is 1.30 bits per heavy atom. The van der Waals surface area contributed by atoms with Crippen molar-refractivity contribution < 1.29 is 13.2 Å². The van der Waals surface area contributed by atoms with E-state index in [0.717, 1.165) is 24.4 Å². The topological polar surface area (TPSA) is 79.6 Å². The molecule has 0 spiro atoms. The number of hydrogen-bond donors (Lipinski definition) is 3. The van der Waals surface area contributed by atoms with E-state index in [1.807, 2.05) is 0 Å². The number of rotatable bonds is 5. The molecular formula is C12H14F3N5. The van der Waals surface area contributed by atoms with Crippen molar-refractivity contribution in [2.24, 2.45) is 0 Å². The Balaban J connectivity index is 1.87. The van der Waals surface area contributed by atoms with Gasteiger partial charge in [0.1, 0.15) is 12.2 Å². The van der Waals surface area contributed by atoms with Gasteiger partial charge in [-0.2, -0.15) is 18.3 Å². The van der Waals surface area contributed by atoms with Gasteiger partial charge < -0.3 is 11.1 Å². The summed E-state index contributed by atoms with van der Waals surface area (Å²) in [5.74, 6) is 0.771. The summed E-state index contributed by atoms with van der Waals surface area (Å²) in [5, 5.41) is 9.46. The molecule has 1 aromatic heterocycles. The maximum Gasteiger partial charge on any atom is 0.416 e. The van der Waals surface area contributed by atoms with Crippen LogP contribution in [0.1, 0.15) is 17.8 Å². The van der Waals surface area contributed by atoms with Crippen LogP contribution in [0.15, 0.2) is 24.5 Å². The molecule has 8 heteroatoms. The Morgan fingerprint density at radius 2 is 2.10 bits per heavy atom. The lowest BCUT2D eigenvalue weighted by Gasteiger charge is -2.12. The number of alkyl halides is 3. The standard InChI is InChI=1S/C12H14F3N5/c13-12(14,15)8-3-4-10(9(16)6-8)17-5-1-2-11-18-7-19-20-11/h3-4,6-7,17H,1-2,5,16H2,(H,18,19,20). The van der Waals surface area contributed by atoms with E-state index < -0.39 is 11.7 Å². The largest absolute Gasteiger partial charge is 0.416 e. The summed E-state index contributed by atoms with van der Waals surface area (Å²) in [6, 6.07) is 3.28. The fourth-order valence-corrected chi connectivity index (χ4v) is 1.73. The second-order valence-corrected chi connectivity index (χ2v) is 4.26. The van der Waals surface area contributed by atoms with E-state index in [-0.39, 0.29) is 5.69 Å². The Hall–Kier alpha value is -2.25. The highest BCUT2D eigenvalue weighted by atomic mass is 19.4. The molecular weight excluding hydrogens is 271 g/mol. The van der Waals surface area contributed by atoms with Crippen LogP contribution >= 0.6 is 0 Å². The fraction of sp³-hybridized carbons (Fsp3) is 0.333. The van der Waals surface area contributed by atoms with E-state index >= 15 is 0 Å². The van der Waals surface area contributed by atoms with Crippen molar-refractivity contribution in [3.05, 3.63) is 35.9 Å². The summed E-state index contributed by atoms with van der Waals surface area (Å²) in [4.78, 5) is 3.97. The summed E-state index contributed by atoms with van der Waals surface area (Å²) in [5.41, 5.74) is 5.43. The molecule has 0 bridgehead atoms. The summed E-state index contributed by atoms with van der Waals surface area (Å²) in [7, 11) is 0. The molecule has 0 unspecified atom stereocenters. The molecule has 1 aromatic carbocycles. The van der Waals surface area contributed by atoms with Crippen molar-refractivity contribution in [1.82, 2.24) is 15.2 Å². The van der Waals surface area contributed by atoms with Gasteiger partial charge in [-0.15, -0.1) is 0 Å². The molecule has 0 atom stereocenters. The molecule has 108 valence electrons. The molecule has 0 saturated carbocycles. The van der Waals surface area contributed by atoms with Gasteiger partial charge >= 0.3 is 6.18 Å². The van der Waals surface area contributed by atoms with Crippen molar-refractivity contribution in [3.63, 3.8) is 0 Å². The van der Waals surface area contributed by atoms with Gasteiger partial charge in [-0.1, -0.05) is 0 Å². The molecule has 2 aromatic rings. The molecule has 5 nitrogen and oxygen atoms in total. The highest BCUT2D eigenvalue weighted by molar-refractivity contribution is 5.67. The number of benzene rings is 1. The summed E-state index contributed by atoms with van der Waals surface area (Å²) >= 11 is 0. The van der Waals surface area contributed by atoms with Gasteiger partial charge in [0.15, 0.2) is 0 Å². The van der Waals surface area contributed by atoms with Crippen LogP contribution in [0, 0.1) is 0 Å². The Kier molecular flexibility index (Phi) is 4.11. The molecule has 0 aliphatic heterocycles. The molecule has 0 fully saturated rings. The Morgan fingerprint density at radius 3 is 2.70 bits per heavy atom. The third-order valence-corrected chi connectivity index (χ3v) is 2.75. The molecule has 0 aliphatic carbocycles. The van der Waals surface area contributed by atoms with Crippen LogP contribution in [-0.4, -0.2) is 21.7 Å². The number of hydrogen-bond acceptors (Lipinski definition) is 4. The van der Waals surface area contributed by atoms with Crippen molar-refractivity contribution in [2.75, 3.05) is 17.6 Å². The van der Waals surface area contributed by atoms with E-state index in [9.17, 15) is 13.2 Å². The minimum atomic E-state index is -4.38. The first-order chi connectivity index (χ1) is 9.47. The fourth-order valence-electron chi connectivity index (χ4n) is 1.73. The van der Waals surface area contributed by atoms with Crippen LogP contribution in [0.3, 0.4) is 0 Å². The first-order valence-electron chi connectivity index (χ1n) is 6.01. The first-order valence-corrected chi connectivity index (χ1v) is 6.01. The quantitative estimate of drug-likeness (QED) is 0.582. The zero-order valence-electron chi connectivity index (χ0n) is 10.5. The van der Waals surface area contributed by atoms with Gasteiger partial charge in [0.05, 0.1) is 16.9 Å². The van der Waals surface area contributed by atoms with E-state index in [4.69, 9.17) is 5.73 Å². The van der Waals surface area contributed by atoms with Crippen LogP contribution in [0.25, 0.3) is 0 Å². The maximum absolute atomic E-state index is 12.5. The van der Waals surface area contributed by atoms with Gasteiger partial charge in [-0.05, 0) is 24.6 Å². The lowest BCUT2D eigenvalue weighted by atomic mass is 10.1. The first kappa shape index (κ1) is 14.2. The van der Waals surface area contributed by atoms with E-state index in [1.54, 1.807) is 0 Å². The zero-order valence-corrected chi connectivity index (χ0v) is 10.5. The average Bonchev–Trinajstić information content (AvgIpc) is 2.88. The van der Waals surface area contributed by atoms with Crippen molar-refractivity contribution in [3.8, 4) is 0 Å². The summed E-state index contributed by atoms with van der Waals surface area (Å²) < 4.78 is 37.4. The lowest BCUT2D eigenvalue weighted by Crippen LogP contribution is -2.09. The molecule has 0 saturated heterocycles. The number of nitrogens with two attached hydrogens (primary N) is 1. The molecule has 2 rings (SSSR count). The van der Waals surface area contributed by atoms with Crippen LogP contribution in [0.5, 0.6) is 0 Å². The number of aryl methyl sites for hydroxylation is 1.